The van der Waals surface area contributed by atoms with Crippen LogP contribution >= 0.6 is 0 Å². The van der Waals surface area contributed by atoms with Gasteiger partial charge < -0.3 is 14.4 Å². The van der Waals surface area contributed by atoms with Gasteiger partial charge in [-0.15, -0.1) is 0 Å². The number of hydrogen-bond donors (Lipinski definition) is 0. The van der Waals surface area contributed by atoms with Gasteiger partial charge in [0.15, 0.2) is 5.82 Å². The van der Waals surface area contributed by atoms with Crippen LogP contribution in [0.15, 0.2) is 24.3 Å². The van der Waals surface area contributed by atoms with E-state index < -0.39 is 5.60 Å². The molecule has 0 unspecified atom stereocenters. The maximum atomic E-state index is 13.8. The van der Waals surface area contributed by atoms with Crippen LogP contribution in [0.3, 0.4) is 0 Å². The third-order valence-corrected chi connectivity index (χ3v) is 5.91. The van der Waals surface area contributed by atoms with Crippen molar-refractivity contribution in [2.45, 2.75) is 77.1 Å². The normalized spacial score (nSPS) is 22.9. The van der Waals surface area contributed by atoms with Crippen molar-refractivity contribution >= 4 is 6.09 Å². The molecule has 8 heteroatoms. The van der Waals surface area contributed by atoms with Crippen LogP contribution < -0.4 is 0 Å². The lowest BCUT2D eigenvalue weighted by molar-refractivity contribution is 0.0211. The Morgan fingerprint density at radius 1 is 1.29 bits per heavy atom. The van der Waals surface area contributed by atoms with E-state index >= 15 is 0 Å². The fourth-order valence-corrected chi connectivity index (χ4v) is 4.70. The number of carbonyl (C=O) groups excluding carboxylic acids is 1. The van der Waals surface area contributed by atoms with Crippen molar-refractivity contribution in [3.63, 3.8) is 0 Å². The molecule has 3 heterocycles. The standard InChI is InChI=1S/C23H31FN4O3/c1-5-30-12-11-27-21(25-20(26-27)15-7-6-8-16(24)13-15)18-14-17-9-10-19(18)28(17)22(29)31-23(2,3)4/h6-8,13,17-19H,5,9-12,14H2,1-4H3/t17-,18-,19+/m1/s1. The average molecular weight is 431 g/mol. The number of carbonyl (C=O) groups is 1. The average Bonchev–Trinajstić information content (AvgIpc) is 3.39. The quantitative estimate of drug-likeness (QED) is 0.637. The van der Waals surface area contributed by atoms with E-state index in [1.807, 2.05) is 43.3 Å². The van der Waals surface area contributed by atoms with Crippen LogP contribution in [0.5, 0.6) is 0 Å². The van der Waals surface area contributed by atoms with E-state index in [2.05, 4.69) is 5.10 Å². The zero-order chi connectivity index (χ0) is 22.2. The number of halogens is 1. The van der Waals surface area contributed by atoms with Gasteiger partial charge in [-0.25, -0.2) is 18.9 Å². The summed E-state index contributed by atoms with van der Waals surface area (Å²) >= 11 is 0. The molecule has 2 saturated heterocycles. The smallest absolute Gasteiger partial charge is 0.410 e. The Hall–Kier alpha value is -2.48. The highest BCUT2D eigenvalue weighted by molar-refractivity contribution is 5.70. The molecule has 0 N–H and O–H groups in total. The molecule has 168 valence electrons. The summed E-state index contributed by atoms with van der Waals surface area (Å²) in [5.74, 6) is 1.08. The van der Waals surface area contributed by atoms with Gasteiger partial charge in [-0.3, -0.25) is 0 Å². The summed E-state index contributed by atoms with van der Waals surface area (Å²) in [5.41, 5.74) is 0.111. The zero-order valence-electron chi connectivity index (χ0n) is 18.7. The van der Waals surface area contributed by atoms with Crippen molar-refractivity contribution in [1.82, 2.24) is 19.7 Å². The summed E-state index contributed by atoms with van der Waals surface area (Å²) in [4.78, 5) is 19.6. The number of nitrogens with zero attached hydrogens (tertiary/aromatic N) is 4. The van der Waals surface area contributed by atoms with Gasteiger partial charge in [0, 0.05) is 30.2 Å². The molecule has 7 nitrogen and oxygen atoms in total. The van der Waals surface area contributed by atoms with Crippen LogP contribution in [0.25, 0.3) is 11.4 Å². The molecule has 0 saturated carbocycles. The van der Waals surface area contributed by atoms with Gasteiger partial charge in [-0.1, -0.05) is 12.1 Å². The summed E-state index contributed by atoms with van der Waals surface area (Å²) < 4.78 is 26.8. The third kappa shape index (κ3) is 4.59. The van der Waals surface area contributed by atoms with E-state index in [0.717, 1.165) is 25.1 Å². The summed E-state index contributed by atoms with van der Waals surface area (Å²) in [7, 11) is 0. The van der Waals surface area contributed by atoms with E-state index in [0.29, 0.717) is 31.1 Å². The highest BCUT2D eigenvalue weighted by atomic mass is 19.1. The van der Waals surface area contributed by atoms with Gasteiger partial charge in [0.25, 0.3) is 0 Å². The first-order valence-corrected chi connectivity index (χ1v) is 11.1. The van der Waals surface area contributed by atoms with E-state index in [-0.39, 0.29) is 29.9 Å². The Kier molecular flexibility index (Phi) is 6.01. The molecule has 2 aliphatic heterocycles. The molecule has 1 amide bonds. The summed E-state index contributed by atoms with van der Waals surface area (Å²) in [6.07, 6.45) is 2.47. The Morgan fingerprint density at radius 3 is 2.81 bits per heavy atom. The molecule has 0 aliphatic carbocycles. The molecule has 2 bridgehead atoms. The second-order valence-corrected chi connectivity index (χ2v) is 9.25. The molecule has 2 aliphatic rings. The number of aromatic nitrogens is 3. The van der Waals surface area contributed by atoms with Crippen LogP contribution in [0.4, 0.5) is 9.18 Å². The zero-order valence-corrected chi connectivity index (χ0v) is 18.7. The van der Waals surface area contributed by atoms with Crippen LogP contribution in [0.2, 0.25) is 0 Å². The van der Waals surface area contributed by atoms with E-state index in [9.17, 15) is 9.18 Å². The van der Waals surface area contributed by atoms with Gasteiger partial charge >= 0.3 is 6.09 Å². The number of benzene rings is 1. The van der Waals surface area contributed by atoms with Gasteiger partial charge in [0.1, 0.15) is 17.2 Å². The molecule has 31 heavy (non-hydrogen) atoms. The van der Waals surface area contributed by atoms with Crippen LogP contribution in [-0.2, 0) is 16.0 Å². The van der Waals surface area contributed by atoms with Crippen LogP contribution in [-0.4, -0.2) is 56.7 Å². The molecule has 0 spiro atoms. The lowest BCUT2D eigenvalue weighted by atomic mass is 9.88. The van der Waals surface area contributed by atoms with E-state index in [1.54, 1.807) is 6.07 Å². The fourth-order valence-electron chi connectivity index (χ4n) is 4.70. The number of hydrogen-bond acceptors (Lipinski definition) is 5. The van der Waals surface area contributed by atoms with Gasteiger partial charge in [-0.2, -0.15) is 5.10 Å². The predicted molar refractivity (Wildman–Crippen MR) is 114 cm³/mol. The van der Waals surface area contributed by atoms with Crippen LogP contribution in [0, 0.1) is 5.82 Å². The van der Waals surface area contributed by atoms with Crippen molar-refractivity contribution in [3.8, 4) is 11.4 Å². The Labute approximate surface area is 182 Å². The third-order valence-electron chi connectivity index (χ3n) is 5.91. The lowest BCUT2D eigenvalue weighted by Gasteiger charge is -2.28. The minimum atomic E-state index is -0.531. The summed E-state index contributed by atoms with van der Waals surface area (Å²) in [5, 5.41) is 4.68. The first-order valence-electron chi connectivity index (χ1n) is 11.1. The molecule has 1 aromatic carbocycles. The lowest BCUT2D eigenvalue weighted by Crippen LogP contribution is -2.40. The number of ether oxygens (including phenoxy) is 2. The molecular weight excluding hydrogens is 399 g/mol. The molecule has 2 fully saturated rings. The van der Waals surface area contributed by atoms with Crippen molar-refractivity contribution in [3.05, 3.63) is 35.9 Å². The first kappa shape index (κ1) is 21.7. The second kappa shape index (κ2) is 8.57. The maximum Gasteiger partial charge on any atom is 0.410 e. The number of rotatable bonds is 6. The SMILES string of the molecule is CCOCCn1nc(-c2cccc(F)c2)nc1[C@@H]1C[C@H]2CC[C@@H]1N2C(=O)OC(C)(C)C. The monoisotopic (exact) mass is 430 g/mol. The highest BCUT2D eigenvalue weighted by Crippen LogP contribution is 2.47. The predicted octanol–water partition coefficient (Wildman–Crippen LogP) is 4.38. The highest BCUT2D eigenvalue weighted by Gasteiger charge is 2.51. The molecule has 3 atom stereocenters. The van der Waals surface area contributed by atoms with E-state index in [1.165, 1.54) is 12.1 Å². The number of amides is 1. The van der Waals surface area contributed by atoms with Gasteiger partial charge in [0.2, 0.25) is 0 Å². The first-order chi connectivity index (χ1) is 14.8. The maximum absolute atomic E-state index is 13.8. The molecular formula is C23H31FN4O3. The summed E-state index contributed by atoms with van der Waals surface area (Å²) in [6.45, 7) is 9.32. The topological polar surface area (TPSA) is 69.5 Å². The van der Waals surface area contributed by atoms with Crippen molar-refractivity contribution in [2.24, 2.45) is 0 Å². The van der Waals surface area contributed by atoms with Crippen molar-refractivity contribution in [2.75, 3.05) is 13.2 Å². The molecule has 2 aromatic rings. The van der Waals surface area contributed by atoms with Crippen molar-refractivity contribution in [1.29, 1.82) is 0 Å². The minimum absolute atomic E-state index is 0.0373. The van der Waals surface area contributed by atoms with Crippen molar-refractivity contribution < 1.29 is 18.7 Å². The Balaban J connectivity index is 1.63. The van der Waals surface area contributed by atoms with Gasteiger partial charge in [0.05, 0.1) is 13.2 Å². The molecule has 4 rings (SSSR count). The summed E-state index contributed by atoms with van der Waals surface area (Å²) in [6, 6.07) is 6.51. The van der Waals surface area contributed by atoms with Crippen LogP contribution in [0.1, 0.15) is 58.7 Å². The second-order valence-electron chi connectivity index (χ2n) is 9.25. The Morgan fingerprint density at radius 2 is 2.10 bits per heavy atom. The molecule has 1 aromatic heterocycles. The Bertz CT molecular complexity index is 939. The number of fused-ring (bicyclic) bond motifs is 2. The fraction of sp³-hybridized carbons (Fsp3) is 0.609. The molecule has 0 radical (unpaired) electrons. The van der Waals surface area contributed by atoms with Gasteiger partial charge in [-0.05, 0) is 59.1 Å². The minimum Gasteiger partial charge on any atom is -0.444 e. The largest absolute Gasteiger partial charge is 0.444 e. The van der Waals surface area contributed by atoms with E-state index in [4.69, 9.17) is 14.5 Å².